The summed E-state index contributed by atoms with van der Waals surface area (Å²) in [5, 5.41) is 9.38. The molecular formula is C22H22N2O4. The molecule has 1 aliphatic heterocycles. The number of hydrogen-bond acceptors (Lipinski definition) is 4. The molecule has 2 aromatic carbocycles. The van der Waals surface area contributed by atoms with Crippen LogP contribution in [0.15, 0.2) is 66.9 Å². The second kappa shape index (κ2) is 8.19. The minimum atomic E-state index is -1.32. The largest absolute Gasteiger partial charge is 0.512 e. The van der Waals surface area contributed by atoms with E-state index in [9.17, 15) is 9.90 Å². The molecule has 1 saturated heterocycles. The molecule has 1 aliphatic rings. The standard InChI is InChI=1S/C22H22N2O4/c25-22(26)28-21-20(23-11-13-27-14-12-23)19(18-9-5-2-6-10-18)16-24(21)15-17-7-3-1-4-8-17/h1-10,16H,11-15H2,(H,25,26). The van der Waals surface area contributed by atoms with E-state index in [0.29, 0.717) is 38.7 Å². The molecule has 144 valence electrons. The number of hydrogen-bond donors (Lipinski definition) is 1. The van der Waals surface area contributed by atoms with E-state index in [1.165, 1.54) is 0 Å². The van der Waals surface area contributed by atoms with Gasteiger partial charge in [-0.05, 0) is 11.1 Å². The van der Waals surface area contributed by atoms with Crippen molar-refractivity contribution < 1.29 is 19.4 Å². The van der Waals surface area contributed by atoms with Crippen LogP contribution >= 0.6 is 0 Å². The molecule has 0 unspecified atom stereocenters. The Balaban J connectivity index is 1.85. The SMILES string of the molecule is O=C(O)Oc1c(N2CCOCC2)c(-c2ccccc2)cn1Cc1ccccc1. The van der Waals surface area contributed by atoms with E-state index in [-0.39, 0.29) is 0 Å². The minimum absolute atomic E-state index is 0.345. The topological polar surface area (TPSA) is 63.9 Å². The van der Waals surface area contributed by atoms with Crippen LogP contribution in [-0.2, 0) is 11.3 Å². The normalized spacial score (nSPS) is 14.1. The molecule has 0 saturated carbocycles. The minimum Gasteiger partial charge on any atom is -0.449 e. The van der Waals surface area contributed by atoms with E-state index < -0.39 is 6.16 Å². The van der Waals surface area contributed by atoms with E-state index >= 15 is 0 Å². The van der Waals surface area contributed by atoms with Gasteiger partial charge in [0.1, 0.15) is 5.69 Å². The number of rotatable bonds is 5. The van der Waals surface area contributed by atoms with Gasteiger partial charge in [-0.3, -0.25) is 0 Å². The number of carboxylic acid groups (broad SMARTS) is 1. The molecule has 0 amide bonds. The number of ether oxygens (including phenoxy) is 2. The van der Waals surface area contributed by atoms with Gasteiger partial charge < -0.3 is 24.0 Å². The summed E-state index contributed by atoms with van der Waals surface area (Å²) in [5.41, 5.74) is 3.84. The lowest BCUT2D eigenvalue weighted by atomic mass is 10.1. The molecule has 6 nitrogen and oxygen atoms in total. The average molecular weight is 378 g/mol. The summed E-state index contributed by atoms with van der Waals surface area (Å²) in [6.45, 7) is 3.10. The smallest absolute Gasteiger partial charge is 0.449 e. The van der Waals surface area contributed by atoms with Crippen LogP contribution in [0, 0.1) is 0 Å². The highest BCUT2D eigenvalue weighted by molar-refractivity contribution is 5.84. The average Bonchev–Trinajstić information content (AvgIpc) is 3.07. The Morgan fingerprint density at radius 1 is 1.00 bits per heavy atom. The van der Waals surface area contributed by atoms with Gasteiger partial charge in [-0.25, -0.2) is 4.79 Å². The molecule has 0 aliphatic carbocycles. The van der Waals surface area contributed by atoms with Gasteiger partial charge in [0.05, 0.1) is 19.8 Å². The second-order valence-corrected chi connectivity index (χ2v) is 6.64. The molecule has 3 aromatic rings. The Labute approximate surface area is 163 Å². The summed E-state index contributed by atoms with van der Waals surface area (Å²) in [5.74, 6) is 0.345. The predicted molar refractivity (Wildman–Crippen MR) is 107 cm³/mol. The number of carbonyl (C=O) groups is 1. The van der Waals surface area contributed by atoms with Crippen molar-refractivity contribution in [1.82, 2.24) is 4.57 Å². The van der Waals surface area contributed by atoms with Crippen molar-refractivity contribution in [1.29, 1.82) is 0 Å². The zero-order valence-corrected chi connectivity index (χ0v) is 15.5. The van der Waals surface area contributed by atoms with E-state index in [2.05, 4.69) is 4.90 Å². The number of anilines is 1. The van der Waals surface area contributed by atoms with Crippen molar-refractivity contribution in [3.63, 3.8) is 0 Å². The maximum absolute atomic E-state index is 11.5. The molecule has 28 heavy (non-hydrogen) atoms. The first kappa shape index (κ1) is 18.1. The van der Waals surface area contributed by atoms with Crippen LogP contribution < -0.4 is 9.64 Å². The molecule has 2 heterocycles. The molecular weight excluding hydrogens is 356 g/mol. The summed E-state index contributed by atoms with van der Waals surface area (Å²) < 4.78 is 12.7. The van der Waals surface area contributed by atoms with E-state index in [1.807, 2.05) is 71.4 Å². The second-order valence-electron chi connectivity index (χ2n) is 6.64. The van der Waals surface area contributed by atoms with Gasteiger partial charge in [-0.15, -0.1) is 0 Å². The van der Waals surface area contributed by atoms with Crippen molar-refractivity contribution in [3.8, 4) is 17.0 Å². The summed E-state index contributed by atoms with van der Waals surface area (Å²) in [7, 11) is 0. The van der Waals surface area contributed by atoms with Gasteiger partial charge in [0, 0.05) is 24.8 Å². The maximum Gasteiger partial charge on any atom is 0.512 e. The van der Waals surface area contributed by atoms with Crippen molar-refractivity contribution in [2.75, 3.05) is 31.2 Å². The zero-order chi connectivity index (χ0) is 19.3. The number of nitrogens with zero attached hydrogens (tertiary/aromatic N) is 2. The van der Waals surface area contributed by atoms with Crippen molar-refractivity contribution in [3.05, 3.63) is 72.4 Å². The first-order valence-corrected chi connectivity index (χ1v) is 9.28. The molecule has 1 fully saturated rings. The molecule has 1 aromatic heterocycles. The lowest BCUT2D eigenvalue weighted by Gasteiger charge is -2.29. The van der Waals surface area contributed by atoms with E-state index in [4.69, 9.17) is 9.47 Å². The Hall–Kier alpha value is -3.25. The monoisotopic (exact) mass is 378 g/mol. The lowest BCUT2D eigenvalue weighted by molar-refractivity contribution is 0.122. The van der Waals surface area contributed by atoms with E-state index in [1.54, 1.807) is 0 Å². The van der Waals surface area contributed by atoms with E-state index in [0.717, 1.165) is 22.4 Å². The van der Waals surface area contributed by atoms with Crippen LogP contribution in [0.3, 0.4) is 0 Å². The number of morpholine rings is 1. The molecule has 0 spiro atoms. The third-order valence-corrected chi connectivity index (χ3v) is 4.80. The highest BCUT2D eigenvalue weighted by Gasteiger charge is 2.26. The van der Waals surface area contributed by atoms with Gasteiger partial charge in [0.25, 0.3) is 0 Å². The zero-order valence-electron chi connectivity index (χ0n) is 15.5. The predicted octanol–water partition coefficient (Wildman–Crippen LogP) is 4.10. The first-order chi connectivity index (χ1) is 13.7. The molecule has 0 atom stereocenters. The third-order valence-electron chi connectivity index (χ3n) is 4.80. The Kier molecular flexibility index (Phi) is 5.30. The van der Waals surface area contributed by atoms with Gasteiger partial charge in [-0.1, -0.05) is 60.7 Å². The molecule has 1 N–H and O–H groups in total. The summed E-state index contributed by atoms with van der Waals surface area (Å²) >= 11 is 0. The Morgan fingerprint density at radius 2 is 1.64 bits per heavy atom. The molecule has 4 rings (SSSR count). The van der Waals surface area contributed by atoms with Gasteiger partial charge in [0.15, 0.2) is 0 Å². The summed E-state index contributed by atoms with van der Waals surface area (Å²) in [4.78, 5) is 13.6. The number of aromatic nitrogens is 1. The lowest BCUT2D eigenvalue weighted by Crippen LogP contribution is -2.36. The fraction of sp³-hybridized carbons (Fsp3) is 0.227. The molecule has 0 bridgehead atoms. The first-order valence-electron chi connectivity index (χ1n) is 9.28. The van der Waals surface area contributed by atoms with Gasteiger partial charge >= 0.3 is 6.16 Å². The van der Waals surface area contributed by atoms with Crippen LogP contribution in [0.25, 0.3) is 11.1 Å². The summed E-state index contributed by atoms with van der Waals surface area (Å²) in [6, 6.07) is 19.9. The van der Waals surface area contributed by atoms with Crippen molar-refractivity contribution >= 4 is 11.8 Å². The Bertz CT molecular complexity index is 932. The molecule has 0 radical (unpaired) electrons. The quantitative estimate of drug-likeness (QED) is 0.678. The van der Waals surface area contributed by atoms with Crippen LogP contribution in [0.5, 0.6) is 5.88 Å². The van der Waals surface area contributed by atoms with Crippen LogP contribution in [0.2, 0.25) is 0 Å². The van der Waals surface area contributed by atoms with Crippen molar-refractivity contribution in [2.45, 2.75) is 6.54 Å². The fourth-order valence-electron chi connectivity index (χ4n) is 3.54. The van der Waals surface area contributed by atoms with Crippen LogP contribution in [-0.4, -0.2) is 42.1 Å². The maximum atomic E-state index is 11.5. The Morgan fingerprint density at radius 3 is 2.29 bits per heavy atom. The van der Waals surface area contributed by atoms with Gasteiger partial charge in [-0.2, -0.15) is 0 Å². The highest BCUT2D eigenvalue weighted by Crippen LogP contribution is 2.42. The van der Waals surface area contributed by atoms with Crippen LogP contribution in [0.4, 0.5) is 10.5 Å². The third kappa shape index (κ3) is 3.87. The van der Waals surface area contributed by atoms with Gasteiger partial charge in [0.2, 0.25) is 5.88 Å². The molecule has 6 heteroatoms. The fourth-order valence-corrected chi connectivity index (χ4v) is 3.54. The van der Waals surface area contributed by atoms with Crippen molar-refractivity contribution in [2.24, 2.45) is 0 Å². The number of benzene rings is 2. The summed E-state index contributed by atoms with van der Waals surface area (Å²) in [6.07, 6.45) is 0.660. The van der Waals surface area contributed by atoms with Crippen LogP contribution in [0.1, 0.15) is 5.56 Å². The highest BCUT2D eigenvalue weighted by atomic mass is 16.7.